The summed E-state index contributed by atoms with van der Waals surface area (Å²) in [5.74, 6) is -0.327. The summed E-state index contributed by atoms with van der Waals surface area (Å²) in [6.07, 6.45) is -0.581. The van der Waals surface area contributed by atoms with Gasteiger partial charge in [0, 0.05) is 30.6 Å². The normalized spacial score (nSPS) is 10.9. The van der Waals surface area contributed by atoms with Gasteiger partial charge in [-0.25, -0.2) is 19.4 Å². The highest BCUT2D eigenvalue weighted by Gasteiger charge is 2.21. The van der Waals surface area contributed by atoms with Crippen LogP contribution in [0.15, 0.2) is 83.9 Å². The molecule has 2 N–H and O–H groups in total. The number of nitrogens with one attached hydrogen (secondary N) is 2. The summed E-state index contributed by atoms with van der Waals surface area (Å²) in [6, 6.07) is 24.1. The van der Waals surface area contributed by atoms with Gasteiger partial charge in [0.2, 0.25) is 5.96 Å². The molecule has 4 aromatic rings. The second-order valence-electron chi connectivity index (χ2n) is 12.3. The zero-order valence-electron chi connectivity index (χ0n) is 27.4. The molecule has 0 spiro atoms. The molecular weight excluding hydrogens is 604 g/mol. The third-order valence-electron chi connectivity index (χ3n) is 6.14. The number of hydrogen-bond acceptors (Lipinski definition) is 9. The van der Waals surface area contributed by atoms with E-state index in [0.717, 1.165) is 23.0 Å². The second kappa shape index (κ2) is 15.5. The van der Waals surface area contributed by atoms with E-state index in [-0.39, 0.29) is 12.1 Å². The van der Waals surface area contributed by atoms with Gasteiger partial charge in [-0.2, -0.15) is 9.59 Å². The smallest absolute Gasteiger partial charge is 0.414 e. The van der Waals surface area contributed by atoms with Gasteiger partial charge in [0.05, 0.1) is 16.8 Å². The first kappa shape index (κ1) is 35.7. The lowest BCUT2D eigenvalue weighted by molar-refractivity contribution is -0.191. The molecule has 0 fully saturated rings. The Balaban J connectivity index is 0.00000192. The number of fused-ring (bicyclic) bond motifs is 1. The lowest BCUT2D eigenvalue weighted by atomic mass is 10.1. The van der Waals surface area contributed by atoms with Crippen LogP contribution in [0.5, 0.6) is 5.75 Å². The molecule has 12 nitrogen and oxygen atoms in total. The topological polar surface area (TPSA) is 154 Å². The number of hydrogen-bond donors (Lipinski definition) is 2. The molecule has 0 aliphatic rings. The van der Waals surface area contributed by atoms with Crippen molar-refractivity contribution in [2.45, 2.75) is 59.2 Å². The highest BCUT2D eigenvalue weighted by atomic mass is 16.6. The van der Waals surface area contributed by atoms with Crippen LogP contribution >= 0.6 is 0 Å². The molecule has 0 bridgehead atoms. The summed E-state index contributed by atoms with van der Waals surface area (Å²) in [6.45, 7) is 10.3. The number of aliphatic imine (C=N–C) groups is 1. The first-order valence-electron chi connectivity index (χ1n) is 14.6. The number of aromatic nitrogens is 1. The molecular formula is C35H38N4O8. The number of benzene rings is 3. The van der Waals surface area contributed by atoms with E-state index in [0.29, 0.717) is 17.0 Å². The zero-order valence-corrected chi connectivity index (χ0v) is 27.4. The van der Waals surface area contributed by atoms with E-state index in [1.165, 1.54) is 5.56 Å². The number of carbonyl (C=O) groups excluding carboxylic acids is 5. The van der Waals surface area contributed by atoms with Crippen molar-refractivity contribution in [2.75, 3.05) is 0 Å². The minimum Gasteiger partial charge on any atom is -0.444 e. The molecule has 0 saturated carbocycles. The summed E-state index contributed by atoms with van der Waals surface area (Å²) >= 11 is 0. The standard InChI is InChI=1S/C34H38N4O6.CO2/c1-33(2,3)43-31(40)36-30(37-32(41)44-34(4,5)6)35-25-16-13-23(14-17-25)29(39)42-27-18-15-24-20-26(38(7)28(24)21-27)19-22-11-9-8-10-12-22;2-1-3/h8-18,20-21H,19H2,1-7H3,(H2,35,36,37,40,41);. The average Bonchev–Trinajstić information content (AvgIpc) is 3.26. The molecule has 0 radical (unpaired) electrons. The van der Waals surface area contributed by atoms with Crippen molar-refractivity contribution in [2.24, 2.45) is 12.0 Å². The Kier molecular flexibility index (Phi) is 11.8. The maximum absolute atomic E-state index is 13.0. The van der Waals surface area contributed by atoms with Gasteiger partial charge in [0.1, 0.15) is 17.0 Å². The Labute approximate surface area is 272 Å². The predicted molar refractivity (Wildman–Crippen MR) is 174 cm³/mol. The van der Waals surface area contributed by atoms with Crippen molar-refractivity contribution in [3.8, 4) is 5.75 Å². The molecule has 246 valence electrons. The van der Waals surface area contributed by atoms with E-state index in [1.54, 1.807) is 71.9 Å². The summed E-state index contributed by atoms with van der Waals surface area (Å²) in [4.78, 5) is 58.2. The van der Waals surface area contributed by atoms with E-state index in [2.05, 4.69) is 38.4 Å². The SMILES string of the molecule is Cn1c(Cc2ccccc2)cc2ccc(OC(=O)c3ccc(N=C(NC(=O)OC(C)(C)C)NC(=O)OC(C)(C)C)cc3)cc21.O=C=O. The Hall–Kier alpha value is -5.74. The quantitative estimate of drug-likeness (QED) is 0.109. The number of esters is 1. The summed E-state index contributed by atoms with van der Waals surface area (Å²) in [5, 5.41) is 5.90. The van der Waals surface area contributed by atoms with Crippen LogP contribution in [0.25, 0.3) is 10.9 Å². The van der Waals surface area contributed by atoms with Crippen molar-refractivity contribution in [1.82, 2.24) is 15.2 Å². The molecule has 4 rings (SSSR count). The maximum atomic E-state index is 13.0. The van der Waals surface area contributed by atoms with Gasteiger partial charge >= 0.3 is 24.3 Å². The molecule has 1 aromatic heterocycles. The van der Waals surface area contributed by atoms with Gasteiger partial charge in [-0.15, -0.1) is 0 Å². The van der Waals surface area contributed by atoms with E-state index in [9.17, 15) is 14.4 Å². The van der Waals surface area contributed by atoms with Crippen LogP contribution in [-0.4, -0.2) is 46.0 Å². The molecule has 0 aliphatic heterocycles. The van der Waals surface area contributed by atoms with Crippen molar-refractivity contribution < 1.29 is 38.2 Å². The number of aryl methyl sites for hydroxylation is 1. The van der Waals surface area contributed by atoms with E-state index >= 15 is 0 Å². The molecule has 2 amide bonds. The number of alkyl carbamates (subject to hydrolysis) is 2. The molecule has 0 aliphatic carbocycles. The van der Waals surface area contributed by atoms with Gasteiger partial charge in [0.15, 0.2) is 0 Å². The van der Waals surface area contributed by atoms with Crippen molar-refractivity contribution in [1.29, 1.82) is 0 Å². The van der Waals surface area contributed by atoms with Crippen molar-refractivity contribution in [3.05, 3.63) is 95.7 Å². The third-order valence-corrected chi connectivity index (χ3v) is 6.14. The predicted octanol–water partition coefficient (Wildman–Crippen LogP) is 6.44. The van der Waals surface area contributed by atoms with Crippen LogP contribution in [0.4, 0.5) is 15.3 Å². The van der Waals surface area contributed by atoms with E-state index < -0.39 is 29.4 Å². The third kappa shape index (κ3) is 11.6. The van der Waals surface area contributed by atoms with Crippen molar-refractivity contribution in [3.63, 3.8) is 0 Å². The summed E-state index contributed by atoms with van der Waals surface area (Å²) < 4.78 is 18.3. The van der Waals surface area contributed by atoms with Crippen LogP contribution in [0.3, 0.4) is 0 Å². The first-order valence-corrected chi connectivity index (χ1v) is 14.6. The van der Waals surface area contributed by atoms with Gasteiger partial charge in [-0.3, -0.25) is 10.6 Å². The number of carbonyl (C=O) groups is 3. The number of nitrogens with zero attached hydrogens (tertiary/aromatic N) is 2. The summed E-state index contributed by atoms with van der Waals surface area (Å²) in [7, 11) is 2.00. The first-order chi connectivity index (χ1) is 22.1. The molecule has 0 unspecified atom stereocenters. The molecule has 0 atom stereocenters. The van der Waals surface area contributed by atoms with Crippen LogP contribution in [0, 0.1) is 0 Å². The molecule has 1 heterocycles. The molecule has 0 saturated heterocycles. The number of ether oxygens (including phenoxy) is 3. The summed E-state index contributed by atoms with van der Waals surface area (Å²) in [5.41, 5.74) is 2.42. The number of amides is 2. The lowest BCUT2D eigenvalue weighted by Gasteiger charge is -2.22. The molecule has 12 heteroatoms. The van der Waals surface area contributed by atoms with Crippen LogP contribution in [0.2, 0.25) is 0 Å². The van der Waals surface area contributed by atoms with E-state index in [1.807, 2.05) is 37.4 Å². The van der Waals surface area contributed by atoms with E-state index in [4.69, 9.17) is 23.8 Å². The second-order valence-corrected chi connectivity index (χ2v) is 12.3. The van der Waals surface area contributed by atoms with Crippen molar-refractivity contribution >= 4 is 46.9 Å². The monoisotopic (exact) mass is 642 g/mol. The highest BCUT2D eigenvalue weighted by Crippen LogP contribution is 2.26. The van der Waals surface area contributed by atoms with Gasteiger partial charge in [0.25, 0.3) is 0 Å². The highest BCUT2D eigenvalue weighted by molar-refractivity contribution is 6.02. The largest absolute Gasteiger partial charge is 0.444 e. The number of guanidine groups is 1. The lowest BCUT2D eigenvalue weighted by Crippen LogP contribution is -2.47. The zero-order chi connectivity index (χ0) is 34.8. The number of rotatable bonds is 5. The van der Waals surface area contributed by atoms with Gasteiger partial charge in [-0.05, 0) is 89.6 Å². The minimum atomic E-state index is -0.810. The van der Waals surface area contributed by atoms with Gasteiger partial charge in [-0.1, -0.05) is 30.3 Å². The van der Waals surface area contributed by atoms with Crippen LogP contribution in [0.1, 0.15) is 63.2 Å². The fourth-order valence-corrected chi connectivity index (χ4v) is 4.26. The van der Waals surface area contributed by atoms with Gasteiger partial charge < -0.3 is 18.8 Å². The average molecular weight is 643 g/mol. The maximum Gasteiger partial charge on any atom is 0.414 e. The Bertz CT molecular complexity index is 1740. The van der Waals surface area contributed by atoms with Crippen LogP contribution < -0.4 is 15.4 Å². The molecule has 3 aromatic carbocycles. The van der Waals surface area contributed by atoms with Crippen LogP contribution in [-0.2, 0) is 32.5 Å². The fourth-order valence-electron chi connectivity index (χ4n) is 4.26. The Morgan fingerprint density at radius 2 is 1.34 bits per heavy atom. The minimum absolute atomic E-state index is 0.202. The Morgan fingerprint density at radius 1 is 0.787 bits per heavy atom. The molecule has 47 heavy (non-hydrogen) atoms. The fraction of sp³-hybridized carbons (Fsp3) is 0.286. The Morgan fingerprint density at radius 3 is 1.87 bits per heavy atom.